The van der Waals surface area contributed by atoms with Gasteiger partial charge in [0.2, 0.25) is 0 Å². The largest absolute Gasteiger partial charge is 0.351 e. The lowest BCUT2D eigenvalue weighted by molar-refractivity contribution is 0.0947. The standard InChI is InChI=1S/C17H23N5O/c23-17(20-8-12-21-9-5-18-6-10-21)16-3-1-15(2-4-16)13-22-11-7-19-14-22/h1-4,7,11,14,18H,5-6,8-10,12-13H2,(H,20,23). The summed E-state index contributed by atoms with van der Waals surface area (Å²) in [5, 5.41) is 6.32. The number of aromatic nitrogens is 2. The van der Waals surface area contributed by atoms with Gasteiger partial charge in [-0.1, -0.05) is 12.1 Å². The zero-order valence-electron chi connectivity index (χ0n) is 13.2. The number of nitrogens with one attached hydrogen (secondary N) is 2. The number of nitrogens with zero attached hydrogens (tertiary/aromatic N) is 3. The van der Waals surface area contributed by atoms with Gasteiger partial charge in [0.25, 0.3) is 5.91 Å². The first-order valence-electron chi connectivity index (χ1n) is 8.07. The van der Waals surface area contributed by atoms with Gasteiger partial charge < -0.3 is 15.2 Å². The molecule has 6 heteroatoms. The SMILES string of the molecule is O=C(NCCN1CCNCC1)c1ccc(Cn2ccnc2)cc1. The fourth-order valence-electron chi connectivity index (χ4n) is 2.72. The van der Waals surface area contributed by atoms with E-state index in [2.05, 4.69) is 20.5 Å². The number of hydrogen-bond acceptors (Lipinski definition) is 4. The van der Waals surface area contributed by atoms with Gasteiger partial charge in [-0.15, -0.1) is 0 Å². The number of benzene rings is 1. The molecule has 1 saturated heterocycles. The van der Waals surface area contributed by atoms with Crippen LogP contribution in [-0.4, -0.2) is 59.6 Å². The molecule has 1 amide bonds. The zero-order valence-corrected chi connectivity index (χ0v) is 13.2. The Bertz CT molecular complexity index is 602. The predicted octanol–water partition coefficient (Wildman–Crippen LogP) is 0.566. The summed E-state index contributed by atoms with van der Waals surface area (Å²) in [6.07, 6.45) is 5.48. The second kappa shape index (κ2) is 7.89. The Morgan fingerprint density at radius 2 is 2.00 bits per heavy atom. The van der Waals surface area contributed by atoms with Crippen LogP contribution < -0.4 is 10.6 Å². The van der Waals surface area contributed by atoms with E-state index in [-0.39, 0.29) is 5.91 Å². The maximum Gasteiger partial charge on any atom is 0.251 e. The number of rotatable bonds is 6. The second-order valence-corrected chi connectivity index (χ2v) is 5.78. The monoisotopic (exact) mass is 313 g/mol. The number of imidazole rings is 1. The van der Waals surface area contributed by atoms with Crippen molar-refractivity contribution in [2.45, 2.75) is 6.54 Å². The Hall–Kier alpha value is -2.18. The smallest absolute Gasteiger partial charge is 0.251 e. The second-order valence-electron chi connectivity index (χ2n) is 5.78. The quantitative estimate of drug-likeness (QED) is 0.818. The molecular formula is C17H23N5O. The highest BCUT2D eigenvalue weighted by molar-refractivity contribution is 5.94. The van der Waals surface area contributed by atoms with E-state index in [0.717, 1.165) is 44.8 Å². The third kappa shape index (κ3) is 4.64. The van der Waals surface area contributed by atoms with Gasteiger partial charge in [0.15, 0.2) is 0 Å². The molecule has 0 radical (unpaired) electrons. The molecule has 0 bridgehead atoms. The van der Waals surface area contributed by atoms with Crippen molar-refractivity contribution in [2.24, 2.45) is 0 Å². The summed E-state index contributed by atoms with van der Waals surface area (Å²) in [7, 11) is 0. The number of carbonyl (C=O) groups excluding carboxylic acids is 1. The van der Waals surface area contributed by atoms with Crippen LogP contribution in [-0.2, 0) is 6.54 Å². The summed E-state index contributed by atoms with van der Waals surface area (Å²) < 4.78 is 2.00. The average molecular weight is 313 g/mol. The topological polar surface area (TPSA) is 62.2 Å². The molecule has 0 aliphatic carbocycles. The summed E-state index contributed by atoms with van der Waals surface area (Å²) in [4.78, 5) is 18.6. The maximum absolute atomic E-state index is 12.2. The molecule has 122 valence electrons. The predicted molar refractivity (Wildman–Crippen MR) is 89.4 cm³/mol. The fraction of sp³-hybridized carbons (Fsp3) is 0.412. The molecule has 0 spiro atoms. The van der Waals surface area contributed by atoms with Gasteiger partial charge >= 0.3 is 0 Å². The normalized spacial score (nSPS) is 15.5. The minimum absolute atomic E-state index is 0.00526. The van der Waals surface area contributed by atoms with Crippen molar-refractivity contribution in [3.8, 4) is 0 Å². The fourth-order valence-corrected chi connectivity index (χ4v) is 2.72. The minimum Gasteiger partial charge on any atom is -0.351 e. The van der Waals surface area contributed by atoms with Crippen LogP contribution in [0.5, 0.6) is 0 Å². The van der Waals surface area contributed by atoms with Gasteiger partial charge in [-0.05, 0) is 17.7 Å². The molecule has 2 N–H and O–H groups in total. The molecule has 6 nitrogen and oxygen atoms in total. The summed E-state index contributed by atoms with van der Waals surface area (Å²) in [5.41, 5.74) is 1.86. The van der Waals surface area contributed by atoms with Crippen LogP contribution in [0, 0.1) is 0 Å². The molecule has 3 rings (SSSR count). The molecule has 2 aromatic rings. The molecular weight excluding hydrogens is 290 g/mol. The first-order chi connectivity index (χ1) is 11.3. The molecule has 23 heavy (non-hydrogen) atoms. The molecule has 1 aromatic heterocycles. The molecule has 1 fully saturated rings. The van der Waals surface area contributed by atoms with Gasteiger partial charge in [0.05, 0.1) is 6.33 Å². The highest BCUT2D eigenvalue weighted by Gasteiger charge is 2.10. The van der Waals surface area contributed by atoms with E-state index >= 15 is 0 Å². The lowest BCUT2D eigenvalue weighted by atomic mass is 10.1. The van der Waals surface area contributed by atoms with E-state index in [1.54, 1.807) is 12.5 Å². The van der Waals surface area contributed by atoms with E-state index in [9.17, 15) is 4.79 Å². The molecule has 2 heterocycles. The Balaban J connectivity index is 1.45. The van der Waals surface area contributed by atoms with E-state index in [0.29, 0.717) is 12.1 Å². The van der Waals surface area contributed by atoms with Crippen molar-refractivity contribution in [3.63, 3.8) is 0 Å². The first kappa shape index (κ1) is 15.7. The van der Waals surface area contributed by atoms with Gasteiger partial charge in [0.1, 0.15) is 0 Å². The molecule has 0 unspecified atom stereocenters. The Kier molecular flexibility index (Phi) is 5.39. The van der Waals surface area contributed by atoms with E-state index in [1.165, 1.54) is 0 Å². The summed E-state index contributed by atoms with van der Waals surface area (Å²) in [5.74, 6) is -0.00526. The third-order valence-electron chi connectivity index (χ3n) is 4.06. The van der Waals surface area contributed by atoms with E-state index < -0.39 is 0 Å². The highest BCUT2D eigenvalue weighted by Crippen LogP contribution is 2.06. The van der Waals surface area contributed by atoms with Gasteiger partial charge in [-0.25, -0.2) is 4.98 Å². The van der Waals surface area contributed by atoms with Gasteiger partial charge in [0, 0.05) is 63.8 Å². The van der Waals surface area contributed by atoms with Crippen molar-refractivity contribution in [2.75, 3.05) is 39.3 Å². The summed E-state index contributed by atoms with van der Waals surface area (Å²) in [6.45, 7) is 6.54. The summed E-state index contributed by atoms with van der Waals surface area (Å²) >= 11 is 0. The van der Waals surface area contributed by atoms with Crippen LogP contribution in [0.4, 0.5) is 0 Å². The van der Waals surface area contributed by atoms with E-state index in [4.69, 9.17) is 0 Å². The van der Waals surface area contributed by atoms with Crippen molar-refractivity contribution >= 4 is 5.91 Å². The summed E-state index contributed by atoms with van der Waals surface area (Å²) in [6, 6.07) is 7.75. The van der Waals surface area contributed by atoms with Crippen LogP contribution in [0.2, 0.25) is 0 Å². The van der Waals surface area contributed by atoms with Crippen LogP contribution in [0.15, 0.2) is 43.0 Å². The van der Waals surface area contributed by atoms with E-state index in [1.807, 2.05) is 35.0 Å². The highest BCUT2D eigenvalue weighted by atomic mass is 16.1. The van der Waals surface area contributed by atoms with Crippen LogP contribution in [0.1, 0.15) is 15.9 Å². The van der Waals surface area contributed by atoms with Crippen molar-refractivity contribution in [1.29, 1.82) is 0 Å². The maximum atomic E-state index is 12.2. The van der Waals surface area contributed by atoms with Crippen LogP contribution in [0.25, 0.3) is 0 Å². The number of amides is 1. The van der Waals surface area contributed by atoms with Crippen LogP contribution >= 0.6 is 0 Å². The van der Waals surface area contributed by atoms with Crippen molar-refractivity contribution < 1.29 is 4.79 Å². The molecule has 1 aliphatic rings. The van der Waals surface area contributed by atoms with Crippen molar-refractivity contribution in [3.05, 3.63) is 54.1 Å². The number of hydrogen-bond donors (Lipinski definition) is 2. The molecule has 0 atom stereocenters. The van der Waals surface area contributed by atoms with Gasteiger partial charge in [-0.3, -0.25) is 9.69 Å². The Morgan fingerprint density at radius 1 is 1.22 bits per heavy atom. The first-order valence-corrected chi connectivity index (χ1v) is 8.07. The van der Waals surface area contributed by atoms with Crippen LogP contribution in [0.3, 0.4) is 0 Å². The molecule has 0 saturated carbocycles. The Labute approximate surface area is 136 Å². The number of carbonyl (C=O) groups is 1. The number of piperazine rings is 1. The molecule has 1 aromatic carbocycles. The lowest BCUT2D eigenvalue weighted by Crippen LogP contribution is -2.46. The third-order valence-corrected chi connectivity index (χ3v) is 4.06. The lowest BCUT2D eigenvalue weighted by Gasteiger charge is -2.27. The minimum atomic E-state index is -0.00526. The van der Waals surface area contributed by atoms with Crippen molar-refractivity contribution in [1.82, 2.24) is 25.1 Å². The average Bonchev–Trinajstić information content (AvgIpc) is 3.09. The zero-order chi connectivity index (χ0) is 15.9. The molecule has 1 aliphatic heterocycles. The van der Waals surface area contributed by atoms with Gasteiger partial charge in [-0.2, -0.15) is 0 Å². The Morgan fingerprint density at radius 3 is 2.70 bits per heavy atom.